The zero-order valence-electron chi connectivity index (χ0n) is 12.2. The Morgan fingerprint density at radius 3 is 2.38 bits per heavy atom. The molecular weight excluding hydrogens is 254 g/mol. The Balaban J connectivity index is 2.08. The van der Waals surface area contributed by atoms with Crippen LogP contribution in [-0.4, -0.2) is 4.57 Å². The first-order valence-corrected chi connectivity index (χ1v) is 7.83. The van der Waals surface area contributed by atoms with E-state index in [0.717, 1.165) is 6.54 Å². The van der Waals surface area contributed by atoms with E-state index in [1.54, 1.807) is 11.1 Å². The number of nitrogens with zero attached hydrogens (tertiary/aromatic N) is 1. The zero-order valence-corrected chi connectivity index (χ0v) is 12.2. The van der Waals surface area contributed by atoms with E-state index in [1.807, 2.05) is 0 Å². The van der Waals surface area contributed by atoms with Crippen molar-refractivity contribution in [3.8, 4) is 0 Å². The van der Waals surface area contributed by atoms with Crippen LogP contribution in [0.1, 0.15) is 18.1 Å². The van der Waals surface area contributed by atoms with Gasteiger partial charge >= 0.3 is 0 Å². The summed E-state index contributed by atoms with van der Waals surface area (Å²) in [5.41, 5.74) is 5.87. The van der Waals surface area contributed by atoms with Gasteiger partial charge < -0.3 is 4.57 Å². The molecule has 3 aromatic carbocycles. The van der Waals surface area contributed by atoms with Crippen molar-refractivity contribution in [1.29, 1.82) is 0 Å². The van der Waals surface area contributed by atoms with Gasteiger partial charge in [0.2, 0.25) is 0 Å². The predicted octanol–water partition coefficient (Wildman–Crippen LogP) is 5.07. The van der Waals surface area contributed by atoms with Gasteiger partial charge in [0.05, 0.1) is 5.52 Å². The molecule has 0 saturated carbocycles. The number of rotatable bonds is 1. The van der Waals surface area contributed by atoms with E-state index in [1.165, 1.54) is 45.4 Å². The Morgan fingerprint density at radius 1 is 0.810 bits per heavy atom. The van der Waals surface area contributed by atoms with E-state index < -0.39 is 0 Å². The fourth-order valence-electron chi connectivity index (χ4n) is 4.00. The van der Waals surface area contributed by atoms with Crippen LogP contribution in [0.5, 0.6) is 0 Å². The van der Waals surface area contributed by atoms with Gasteiger partial charge in [0.1, 0.15) is 0 Å². The molecule has 0 aliphatic heterocycles. The van der Waals surface area contributed by atoms with Crippen LogP contribution in [0.25, 0.3) is 32.6 Å². The zero-order chi connectivity index (χ0) is 14.0. The van der Waals surface area contributed by atoms with Crippen LogP contribution < -0.4 is 0 Å². The minimum Gasteiger partial charge on any atom is -0.340 e. The van der Waals surface area contributed by atoms with Crippen LogP contribution in [0.2, 0.25) is 0 Å². The third-order valence-electron chi connectivity index (χ3n) is 5.10. The summed E-state index contributed by atoms with van der Waals surface area (Å²) in [6.45, 7) is 3.26. The van der Waals surface area contributed by atoms with E-state index in [0.29, 0.717) is 0 Å². The smallest absolute Gasteiger partial charge is 0.0571 e. The van der Waals surface area contributed by atoms with E-state index in [4.69, 9.17) is 0 Å². The Kier molecular flexibility index (Phi) is 2.11. The molecule has 0 spiro atoms. The van der Waals surface area contributed by atoms with Crippen molar-refractivity contribution in [2.75, 3.05) is 0 Å². The molecule has 1 aliphatic carbocycles. The maximum atomic E-state index is 2.47. The van der Waals surface area contributed by atoms with Crippen LogP contribution in [-0.2, 0) is 19.4 Å². The van der Waals surface area contributed by atoms with Gasteiger partial charge in [-0.1, -0.05) is 42.5 Å². The Morgan fingerprint density at radius 2 is 1.57 bits per heavy atom. The molecule has 0 radical (unpaired) electrons. The first kappa shape index (κ1) is 11.4. The van der Waals surface area contributed by atoms with E-state index >= 15 is 0 Å². The van der Waals surface area contributed by atoms with Gasteiger partial charge in [-0.05, 0) is 42.3 Å². The van der Waals surface area contributed by atoms with E-state index in [9.17, 15) is 0 Å². The van der Waals surface area contributed by atoms with Gasteiger partial charge in [0.25, 0.3) is 0 Å². The summed E-state index contributed by atoms with van der Waals surface area (Å²) in [5.74, 6) is 0. The summed E-state index contributed by atoms with van der Waals surface area (Å²) in [5, 5.41) is 5.64. The van der Waals surface area contributed by atoms with Crippen molar-refractivity contribution in [2.45, 2.75) is 26.3 Å². The van der Waals surface area contributed by atoms with Crippen molar-refractivity contribution in [1.82, 2.24) is 4.57 Å². The van der Waals surface area contributed by atoms with Gasteiger partial charge in [-0.3, -0.25) is 0 Å². The second-order valence-electron chi connectivity index (χ2n) is 6.02. The molecule has 0 unspecified atom stereocenters. The van der Waals surface area contributed by atoms with Crippen LogP contribution in [0.15, 0.2) is 48.5 Å². The Labute approximate surface area is 123 Å². The maximum Gasteiger partial charge on any atom is 0.0571 e. The largest absolute Gasteiger partial charge is 0.340 e. The van der Waals surface area contributed by atoms with Crippen LogP contribution >= 0.6 is 0 Å². The van der Waals surface area contributed by atoms with Crippen LogP contribution in [0.3, 0.4) is 0 Å². The lowest BCUT2D eigenvalue weighted by molar-refractivity contribution is 0.828. The molecule has 102 valence electrons. The summed E-state index contributed by atoms with van der Waals surface area (Å²) < 4.78 is 2.47. The molecule has 0 saturated heterocycles. The summed E-state index contributed by atoms with van der Waals surface area (Å²) >= 11 is 0. The number of fused-ring (bicyclic) bond motifs is 7. The maximum absolute atomic E-state index is 2.47. The molecule has 0 N–H and O–H groups in total. The summed E-state index contributed by atoms with van der Waals surface area (Å²) in [4.78, 5) is 0. The molecule has 0 fully saturated rings. The minimum atomic E-state index is 1.01. The fourth-order valence-corrected chi connectivity index (χ4v) is 4.00. The van der Waals surface area contributed by atoms with E-state index in [-0.39, 0.29) is 0 Å². The third-order valence-corrected chi connectivity index (χ3v) is 5.10. The Hall–Kier alpha value is -2.28. The quantitative estimate of drug-likeness (QED) is 0.455. The van der Waals surface area contributed by atoms with Crippen molar-refractivity contribution < 1.29 is 0 Å². The average molecular weight is 271 g/mol. The topological polar surface area (TPSA) is 4.93 Å². The fraction of sp³-hybridized carbons (Fsp3) is 0.200. The van der Waals surface area contributed by atoms with Crippen molar-refractivity contribution in [3.05, 3.63) is 59.7 Å². The highest BCUT2D eigenvalue weighted by atomic mass is 15.0. The molecule has 1 heterocycles. The first-order chi connectivity index (χ1) is 10.4. The van der Waals surface area contributed by atoms with Gasteiger partial charge in [-0.15, -0.1) is 0 Å². The number of benzene rings is 3. The van der Waals surface area contributed by atoms with Crippen molar-refractivity contribution in [3.63, 3.8) is 0 Å². The second kappa shape index (κ2) is 3.88. The number of aromatic nitrogens is 1. The SMILES string of the molecule is CCn1c2ccccc2c2ccc3c4c(ccc3c21)CC4. The number of aryl methyl sites for hydroxylation is 3. The van der Waals surface area contributed by atoms with Crippen LogP contribution in [0.4, 0.5) is 0 Å². The summed E-state index contributed by atoms with van der Waals surface area (Å²) in [6, 6.07) is 18.1. The van der Waals surface area contributed by atoms with Gasteiger partial charge in [0.15, 0.2) is 0 Å². The predicted molar refractivity (Wildman–Crippen MR) is 90.0 cm³/mol. The van der Waals surface area contributed by atoms with Gasteiger partial charge in [-0.25, -0.2) is 0 Å². The molecule has 1 aromatic heterocycles. The molecule has 0 atom stereocenters. The number of para-hydroxylation sites is 1. The summed E-state index contributed by atoms with van der Waals surface area (Å²) in [7, 11) is 0. The molecular formula is C20H17N. The molecule has 1 nitrogen and oxygen atoms in total. The average Bonchev–Trinajstić information content (AvgIpc) is 2.81. The number of hydrogen-bond acceptors (Lipinski definition) is 0. The molecule has 5 rings (SSSR count). The van der Waals surface area contributed by atoms with Gasteiger partial charge in [0, 0.05) is 28.2 Å². The highest BCUT2D eigenvalue weighted by Crippen LogP contribution is 2.38. The molecule has 0 amide bonds. The lowest BCUT2D eigenvalue weighted by Crippen LogP contribution is -2.08. The highest BCUT2D eigenvalue weighted by Gasteiger charge is 2.19. The normalized spacial score (nSPS) is 13.8. The molecule has 4 aromatic rings. The van der Waals surface area contributed by atoms with Crippen molar-refractivity contribution in [2.24, 2.45) is 0 Å². The lowest BCUT2D eigenvalue weighted by Gasteiger charge is -2.21. The second-order valence-corrected chi connectivity index (χ2v) is 6.02. The number of hydrogen-bond donors (Lipinski definition) is 0. The molecule has 1 heteroatoms. The standard InChI is InChI=1S/C20H17N/c1-2-21-19-6-4-3-5-16(19)18-12-11-15-14-9-7-13(14)8-10-17(15)20(18)21/h3-6,8,10-12H,2,7,9H2,1H3. The highest BCUT2D eigenvalue weighted by molar-refractivity contribution is 6.18. The third kappa shape index (κ3) is 1.31. The first-order valence-electron chi connectivity index (χ1n) is 7.83. The van der Waals surface area contributed by atoms with E-state index in [2.05, 4.69) is 60.0 Å². The van der Waals surface area contributed by atoms with Gasteiger partial charge in [-0.2, -0.15) is 0 Å². The lowest BCUT2D eigenvalue weighted by atomic mass is 9.84. The Bertz CT molecular complexity index is 1020. The van der Waals surface area contributed by atoms with Crippen molar-refractivity contribution >= 4 is 32.6 Å². The molecule has 0 bridgehead atoms. The molecule has 1 aliphatic rings. The summed E-state index contributed by atoms with van der Waals surface area (Å²) in [6.07, 6.45) is 2.49. The minimum absolute atomic E-state index is 1.01. The molecule has 21 heavy (non-hydrogen) atoms. The van der Waals surface area contributed by atoms with Crippen LogP contribution in [0, 0.1) is 0 Å². The monoisotopic (exact) mass is 271 g/mol.